The normalized spacial score (nSPS) is 31.5. The topological polar surface area (TPSA) is 89.5 Å². The third kappa shape index (κ3) is 3.70. The van der Waals surface area contributed by atoms with E-state index in [0.29, 0.717) is 17.9 Å². The van der Waals surface area contributed by atoms with Crippen molar-refractivity contribution in [1.82, 2.24) is 4.72 Å². The third-order valence-electron chi connectivity index (χ3n) is 7.85. The summed E-state index contributed by atoms with van der Waals surface area (Å²) in [4.78, 5) is -0.0524. The molecule has 190 valence electrons. The molecule has 6 nitrogen and oxygen atoms in total. The van der Waals surface area contributed by atoms with Crippen molar-refractivity contribution >= 4 is 31.5 Å². The first-order valence-corrected chi connectivity index (χ1v) is 15.1. The van der Waals surface area contributed by atoms with Crippen LogP contribution in [0.1, 0.15) is 44.6 Å². The Hall–Kier alpha value is -1.75. The molecule has 11 heteroatoms. The average Bonchev–Trinajstić information content (AvgIpc) is 2.81. The van der Waals surface area contributed by atoms with Crippen LogP contribution in [0.3, 0.4) is 0 Å². The molecule has 1 aliphatic carbocycles. The Kier molecular flexibility index (Phi) is 6.18. The van der Waals surface area contributed by atoms with Gasteiger partial charge in [0, 0.05) is 17.0 Å². The molecule has 2 aliphatic heterocycles. The Morgan fingerprint density at radius 2 is 1.83 bits per heavy atom. The summed E-state index contributed by atoms with van der Waals surface area (Å²) in [5, 5.41) is -0.350. The van der Waals surface area contributed by atoms with Gasteiger partial charge in [-0.15, -0.1) is 0 Å². The molecule has 35 heavy (non-hydrogen) atoms. The summed E-state index contributed by atoms with van der Waals surface area (Å²) >= 11 is 5.98. The second-order valence-electron chi connectivity index (χ2n) is 9.62. The van der Waals surface area contributed by atoms with Crippen molar-refractivity contribution < 1.29 is 30.4 Å². The lowest BCUT2D eigenvalue weighted by Gasteiger charge is -2.54. The molecule has 0 amide bonds. The minimum atomic E-state index is -4.28. The largest absolute Gasteiger partial charge is 0.490 e. The Bertz CT molecular complexity index is 1370. The summed E-state index contributed by atoms with van der Waals surface area (Å²) in [5.41, 5.74) is -0.303. The van der Waals surface area contributed by atoms with Crippen LogP contribution in [0.4, 0.5) is 8.78 Å². The van der Waals surface area contributed by atoms with Crippen LogP contribution in [-0.4, -0.2) is 34.7 Å². The molecule has 2 fully saturated rings. The zero-order valence-corrected chi connectivity index (χ0v) is 21.4. The molecule has 0 spiro atoms. The summed E-state index contributed by atoms with van der Waals surface area (Å²) in [6.07, 6.45) is 1.37. The maximum absolute atomic E-state index is 15.5. The number of sulfone groups is 1. The zero-order chi connectivity index (χ0) is 25.2. The zero-order valence-electron chi connectivity index (χ0n) is 19.0. The first kappa shape index (κ1) is 24.9. The molecular weight excluding hydrogens is 520 g/mol. The van der Waals surface area contributed by atoms with Crippen molar-refractivity contribution in [1.29, 1.82) is 0 Å². The van der Waals surface area contributed by atoms with Crippen LogP contribution in [0.25, 0.3) is 0 Å². The molecule has 5 atom stereocenters. The van der Waals surface area contributed by atoms with E-state index in [1.165, 1.54) is 24.3 Å². The molecule has 1 N–H and O–H groups in total. The van der Waals surface area contributed by atoms with Gasteiger partial charge in [0.05, 0.1) is 22.3 Å². The number of benzene rings is 2. The predicted molar refractivity (Wildman–Crippen MR) is 128 cm³/mol. The average molecular weight is 546 g/mol. The van der Waals surface area contributed by atoms with Gasteiger partial charge in [-0.2, -0.15) is 0 Å². The molecule has 5 rings (SSSR count). The molecular formula is C24H26ClF2NO5S2. The van der Waals surface area contributed by atoms with E-state index < -0.39 is 65.1 Å². The molecule has 2 aromatic rings. The Labute approximate surface area is 209 Å². The predicted octanol–water partition coefficient (Wildman–Crippen LogP) is 4.57. The van der Waals surface area contributed by atoms with Gasteiger partial charge in [0.25, 0.3) is 0 Å². The van der Waals surface area contributed by atoms with Crippen molar-refractivity contribution in [2.24, 2.45) is 11.8 Å². The molecule has 0 radical (unpaired) electrons. The van der Waals surface area contributed by atoms with Crippen molar-refractivity contribution in [3.63, 3.8) is 0 Å². The summed E-state index contributed by atoms with van der Waals surface area (Å²) < 4.78 is 91.3. The molecule has 2 aromatic carbocycles. The van der Waals surface area contributed by atoms with E-state index in [-0.39, 0.29) is 36.3 Å². The van der Waals surface area contributed by atoms with Crippen LogP contribution in [0.15, 0.2) is 41.3 Å². The Morgan fingerprint density at radius 1 is 1.14 bits per heavy atom. The third-order valence-corrected chi connectivity index (χ3v) is 12.6. The number of fused-ring (bicyclic) bond motifs is 5. The van der Waals surface area contributed by atoms with Gasteiger partial charge in [-0.25, -0.2) is 30.3 Å². The van der Waals surface area contributed by atoms with Crippen LogP contribution in [0, 0.1) is 23.5 Å². The number of hydrogen-bond acceptors (Lipinski definition) is 5. The van der Waals surface area contributed by atoms with E-state index in [9.17, 15) is 21.2 Å². The molecule has 3 aliphatic rings. The van der Waals surface area contributed by atoms with Gasteiger partial charge in [-0.05, 0) is 68.0 Å². The highest BCUT2D eigenvalue weighted by Crippen LogP contribution is 2.59. The summed E-state index contributed by atoms with van der Waals surface area (Å²) in [7, 11) is -7.86. The number of halogens is 3. The van der Waals surface area contributed by atoms with E-state index >= 15 is 4.39 Å². The van der Waals surface area contributed by atoms with Gasteiger partial charge >= 0.3 is 0 Å². The van der Waals surface area contributed by atoms with E-state index in [4.69, 9.17) is 16.3 Å². The minimum Gasteiger partial charge on any atom is -0.490 e. The van der Waals surface area contributed by atoms with E-state index in [1.807, 2.05) is 6.92 Å². The van der Waals surface area contributed by atoms with Gasteiger partial charge in [-0.1, -0.05) is 24.9 Å². The lowest BCUT2D eigenvalue weighted by Crippen LogP contribution is -2.63. The fourth-order valence-electron chi connectivity index (χ4n) is 6.31. The number of ether oxygens (including phenoxy) is 1. The quantitative estimate of drug-likeness (QED) is 0.608. The molecule has 2 heterocycles. The molecule has 1 unspecified atom stereocenters. The lowest BCUT2D eigenvalue weighted by molar-refractivity contribution is 0.0489. The van der Waals surface area contributed by atoms with Crippen molar-refractivity contribution in [3.05, 3.63) is 58.6 Å². The second-order valence-corrected chi connectivity index (χ2v) is 14.3. The van der Waals surface area contributed by atoms with E-state index in [1.54, 1.807) is 0 Å². The number of sulfonamides is 1. The maximum atomic E-state index is 15.5. The highest BCUT2D eigenvalue weighted by molar-refractivity contribution is 7.92. The van der Waals surface area contributed by atoms with Gasteiger partial charge in [0.15, 0.2) is 21.4 Å². The van der Waals surface area contributed by atoms with Crippen LogP contribution in [0.5, 0.6) is 5.75 Å². The molecule has 0 bridgehead atoms. The molecule has 0 aromatic heterocycles. The first-order chi connectivity index (χ1) is 16.5. The van der Waals surface area contributed by atoms with E-state index in [0.717, 1.165) is 12.1 Å². The standard InChI is InChI=1S/C24H26ClF2NO5S2/c1-2-3-16-12-17-18-13-33-23-20(27)9-8-19(26)22(23)24(18,11-10-21(17)28-35(16,31)32)34(29,30)15-6-4-14(25)5-7-15/h4-9,16-18,21,28H,2-3,10-13H2,1H3/t16-,17-,18-,21+,24?/m1/s1. The Balaban J connectivity index is 1.73. The van der Waals surface area contributed by atoms with Gasteiger partial charge in [0.2, 0.25) is 10.0 Å². The van der Waals surface area contributed by atoms with Crippen molar-refractivity contribution in [2.75, 3.05) is 6.61 Å². The van der Waals surface area contributed by atoms with E-state index in [2.05, 4.69) is 4.72 Å². The van der Waals surface area contributed by atoms with Crippen LogP contribution in [0.2, 0.25) is 5.02 Å². The lowest BCUT2D eigenvalue weighted by atomic mass is 9.64. The van der Waals surface area contributed by atoms with Crippen LogP contribution >= 0.6 is 11.6 Å². The smallest absolute Gasteiger partial charge is 0.214 e. The molecule has 1 saturated heterocycles. The summed E-state index contributed by atoms with van der Waals surface area (Å²) in [6.45, 7) is 1.72. The van der Waals surface area contributed by atoms with Crippen molar-refractivity contribution in [2.45, 2.75) is 60.0 Å². The summed E-state index contributed by atoms with van der Waals surface area (Å²) in [5.74, 6) is -3.29. The Morgan fingerprint density at radius 3 is 2.51 bits per heavy atom. The van der Waals surface area contributed by atoms with Gasteiger partial charge in [0.1, 0.15) is 10.6 Å². The molecule has 1 saturated carbocycles. The fraction of sp³-hybridized carbons (Fsp3) is 0.500. The SMILES string of the molecule is CCC[C@@H]1C[C@H]2[C@H](CCC3(S(=O)(=O)c4ccc(Cl)cc4)c4c(F)ccc(F)c4OC[C@H]23)NS1(=O)=O. The van der Waals surface area contributed by atoms with Crippen molar-refractivity contribution in [3.8, 4) is 5.75 Å². The maximum Gasteiger partial charge on any atom is 0.214 e. The van der Waals surface area contributed by atoms with Crippen LogP contribution in [-0.2, 0) is 24.6 Å². The number of rotatable bonds is 4. The van der Waals surface area contributed by atoms with Crippen LogP contribution < -0.4 is 9.46 Å². The van der Waals surface area contributed by atoms with Gasteiger partial charge in [-0.3, -0.25) is 0 Å². The highest BCUT2D eigenvalue weighted by atomic mass is 35.5. The fourth-order valence-corrected chi connectivity index (χ4v) is 10.8. The monoisotopic (exact) mass is 545 g/mol. The first-order valence-electron chi connectivity index (χ1n) is 11.7. The number of hydrogen-bond donors (Lipinski definition) is 1. The van der Waals surface area contributed by atoms with Gasteiger partial charge < -0.3 is 4.74 Å². The highest BCUT2D eigenvalue weighted by Gasteiger charge is 2.64. The number of nitrogens with one attached hydrogen (secondary N) is 1. The summed E-state index contributed by atoms with van der Waals surface area (Å²) in [6, 6.07) is 6.97. The minimum absolute atomic E-state index is 0.0524. The second kappa shape index (κ2) is 8.68.